The minimum Gasteiger partial charge on any atom is -0.494 e. The van der Waals surface area contributed by atoms with Crippen molar-refractivity contribution in [3.05, 3.63) is 29.8 Å². The second-order valence-corrected chi connectivity index (χ2v) is 5.87. The summed E-state index contributed by atoms with van der Waals surface area (Å²) in [5, 5.41) is 12.0. The van der Waals surface area contributed by atoms with Crippen molar-refractivity contribution in [2.24, 2.45) is 0 Å². The average molecular weight is 324 g/mol. The van der Waals surface area contributed by atoms with E-state index < -0.39 is 6.17 Å². The molecule has 1 aliphatic heterocycles. The molecule has 1 aliphatic rings. The molecule has 128 valence electrons. The number of carbonyl (C=O) groups excluding carboxylic acids is 1. The first-order chi connectivity index (χ1) is 11.1. The van der Waals surface area contributed by atoms with Gasteiger partial charge >= 0.3 is 0 Å². The number of nitrogens with one attached hydrogen (secondary N) is 1. The molecule has 1 fully saturated rings. The van der Waals surface area contributed by atoms with Crippen LogP contribution < -0.4 is 10.1 Å². The number of hydrogen-bond donors (Lipinski definition) is 2. The molecule has 0 radical (unpaired) electrons. The first-order valence-corrected chi connectivity index (χ1v) is 8.09. The van der Waals surface area contributed by atoms with E-state index >= 15 is 0 Å². The molecule has 1 amide bonds. The molecule has 2 atom stereocenters. The molecule has 1 aromatic carbocycles. The SMILES string of the molecule is CCCOc1ccc(CNC(=O)CN2C[C@@H](F)C[C@H]2CO)cc1. The Hall–Kier alpha value is -1.66. The third-order valence-electron chi connectivity index (χ3n) is 3.92. The molecule has 0 spiro atoms. The van der Waals surface area contributed by atoms with Gasteiger partial charge in [-0.15, -0.1) is 0 Å². The number of halogens is 1. The van der Waals surface area contributed by atoms with Gasteiger partial charge in [-0.05, 0) is 30.5 Å². The van der Waals surface area contributed by atoms with Crippen molar-refractivity contribution in [2.45, 2.75) is 38.5 Å². The van der Waals surface area contributed by atoms with Crippen LogP contribution >= 0.6 is 0 Å². The highest BCUT2D eigenvalue weighted by atomic mass is 19.1. The molecule has 2 N–H and O–H groups in total. The fourth-order valence-electron chi connectivity index (χ4n) is 2.67. The zero-order valence-corrected chi connectivity index (χ0v) is 13.5. The van der Waals surface area contributed by atoms with Crippen molar-refractivity contribution in [1.82, 2.24) is 10.2 Å². The van der Waals surface area contributed by atoms with Gasteiger partial charge in [0.1, 0.15) is 11.9 Å². The number of nitrogens with zero attached hydrogens (tertiary/aromatic N) is 1. The van der Waals surface area contributed by atoms with E-state index in [1.165, 1.54) is 0 Å². The highest BCUT2D eigenvalue weighted by molar-refractivity contribution is 5.78. The predicted molar refractivity (Wildman–Crippen MR) is 86.0 cm³/mol. The molecule has 0 aliphatic carbocycles. The zero-order chi connectivity index (χ0) is 16.7. The smallest absolute Gasteiger partial charge is 0.234 e. The van der Waals surface area contributed by atoms with Crippen molar-refractivity contribution in [3.63, 3.8) is 0 Å². The summed E-state index contributed by atoms with van der Waals surface area (Å²) in [6.45, 7) is 3.37. The molecule has 6 heteroatoms. The van der Waals surface area contributed by atoms with Gasteiger partial charge in [0.25, 0.3) is 0 Å². The van der Waals surface area contributed by atoms with E-state index in [4.69, 9.17) is 4.74 Å². The summed E-state index contributed by atoms with van der Waals surface area (Å²) in [5.74, 6) is 0.655. The highest BCUT2D eigenvalue weighted by Crippen LogP contribution is 2.19. The number of rotatable bonds is 8. The largest absolute Gasteiger partial charge is 0.494 e. The molecule has 0 bridgehead atoms. The summed E-state index contributed by atoms with van der Waals surface area (Å²) in [6.07, 6.45) is 0.293. The Balaban J connectivity index is 1.75. The van der Waals surface area contributed by atoms with E-state index in [1.54, 1.807) is 4.90 Å². The third kappa shape index (κ3) is 5.48. The first-order valence-electron chi connectivity index (χ1n) is 8.09. The topological polar surface area (TPSA) is 61.8 Å². The van der Waals surface area contributed by atoms with Gasteiger partial charge in [0.05, 0.1) is 19.8 Å². The summed E-state index contributed by atoms with van der Waals surface area (Å²) in [6, 6.07) is 7.33. The molecule has 0 saturated carbocycles. The van der Waals surface area contributed by atoms with E-state index in [0.29, 0.717) is 19.6 Å². The second kappa shape index (κ2) is 8.84. The van der Waals surface area contributed by atoms with Crippen LogP contribution in [0.15, 0.2) is 24.3 Å². The molecular formula is C17H25FN2O3. The zero-order valence-electron chi connectivity index (χ0n) is 13.5. The van der Waals surface area contributed by atoms with Crippen molar-refractivity contribution in [2.75, 3.05) is 26.3 Å². The van der Waals surface area contributed by atoms with Crippen molar-refractivity contribution < 1.29 is 19.0 Å². The molecule has 2 rings (SSSR count). The lowest BCUT2D eigenvalue weighted by molar-refractivity contribution is -0.122. The van der Waals surface area contributed by atoms with Crippen LogP contribution in [0.25, 0.3) is 0 Å². The van der Waals surface area contributed by atoms with Gasteiger partial charge < -0.3 is 15.2 Å². The Labute approximate surface area is 136 Å². The number of aliphatic hydroxyl groups excluding tert-OH is 1. The molecule has 1 heterocycles. The summed E-state index contributed by atoms with van der Waals surface area (Å²) in [5.41, 5.74) is 0.977. The molecule has 0 aromatic heterocycles. The van der Waals surface area contributed by atoms with Crippen molar-refractivity contribution >= 4 is 5.91 Å². The summed E-state index contributed by atoms with van der Waals surface area (Å²) >= 11 is 0. The minimum atomic E-state index is -0.962. The number of aliphatic hydroxyl groups is 1. The molecule has 1 saturated heterocycles. The predicted octanol–water partition coefficient (Wildman–Crippen LogP) is 1.50. The Bertz CT molecular complexity index is 495. The van der Waals surface area contributed by atoms with Crippen LogP contribution in [0.4, 0.5) is 4.39 Å². The van der Waals surface area contributed by atoms with E-state index in [0.717, 1.165) is 17.7 Å². The third-order valence-corrected chi connectivity index (χ3v) is 3.92. The Morgan fingerprint density at radius 2 is 2.17 bits per heavy atom. The van der Waals surface area contributed by atoms with Crippen LogP contribution in [0, 0.1) is 0 Å². The van der Waals surface area contributed by atoms with Crippen LogP contribution in [0.3, 0.4) is 0 Å². The Kier molecular flexibility index (Phi) is 6.80. The van der Waals surface area contributed by atoms with Crippen LogP contribution in [-0.4, -0.2) is 54.4 Å². The van der Waals surface area contributed by atoms with E-state index in [9.17, 15) is 14.3 Å². The van der Waals surface area contributed by atoms with Crippen molar-refractivity contribution in [3.8, 4) is 5.75 Å². The number of alkyl halides is 1. The van der Waals surface area contributed by atoms with Crippen LogP contribution in [0.2, 0.25) is 0 Å². The molecule has 23 heavy (non-hydrogen) atoms. The maximum Gasteiger partial charge on any atom is 0.234 e. The Morgan fingerprint density at radius 1 is 1.43 bits per heavy atom. The summed E-state index contributed by atoms with van der Waals surface area (Å²) < 4.78 is 18.8. The van der Waals surface area contributed by atoms with Crippen molar-refractivity contribution in [1.29, 1.82) is 0 Å². The molecular weight excluding hydrogens is 299 g/mol. The number of benzene rings is 1. The number of likely N-dealkylation sites (tertiary alicyclic amines) is 1. The van der Waals surface area contributed by atoms with Crippen LogP contribution in [0.1, 0.15) is 25.3 Å². The number of ether oxygens (including phenoxy) is 1. The number of hydrogen-bond acceptors (Lipinski definition) is 4. The van der Waals surface area contributed by atoms with Gasteiger partial charge in [-0.3, -0.25) is 9.69 Å². The number of carbonyl (C=O) groups is 1. The van der Waals surface area contributed by atoms with Gasteiger partial charge in [-0.1, -0.05) is 19.1 Å². The second-order valence-electron chi connectivity index (χ2n) is 5.87. The summed E-state index contributed by atoms with van der Waals surface area (Å²) in [7, 11) is 0. The molecule has 1 aromatic rings. The minimum absolute atomic E-state index is 0.114. The van der Waals surface area contributed by atoms with E-state index in [-0.39, 0.29) is 31.6 Å². The van der Waals surface area contributed by atoms with E-state index in [2.05, 4.69) is 12.2 Å². The van der Waals surface area contributed by atoms with Gasteiger partial charge in [-0.25, -0.2) is 4.39 Å². The molecule has 5 nitrogen and oxygen atoms in total. The van der Waals surface area contributed by atoms with Gasteiger partial charge in [0, 0.05) is 19.1 Å². The normalized spacial score (nSPS) is 21.3. The lowest BCUT2D eigenvalue weighted by atomic mass is 10.2. The molecule has 0 unspecified atom stereocenters. The van der Waals surface area contributed by atoms with E-state index in [1.807, 2.05) is 24.3 Å². The first kappa shape index (κ1) is 17.7. The highest BCUT2D eigenvalue weighted by Gasteiger charge is 2.32. The fraction of sp³-hybridized carbons (Fsp3) is 0.588. The van der Waals surface area contributed by atoms with Gasteiger partial charge in [0.2, 0.25) is 5.91 Å². The van der Waals surface area contributed by atoms with Crippen LogP contribution in [0.5, 0.6) is 5.75 Å². The lowest BCUT2D eigenvalue weighted by Crippen LogP contribution is -2.41. The van der Waals surface area contributed by atoms with Crippen LogP contribution in [-0.2, 0) is 11.3 Å². The maximum atomic E-state index is 13.3. The van der Waals surface area contributed by atoms with Gasteiger partial charge in [-0.2, -0.15) is 0 Å². The monoisotopic (exact) mass is 324 g/mol. The Morgan fingerprint density at radius 3 is 2.83 bits per heavy atom. The maximum absolute atomic E-state index is 13.3. The average Bonchev–Trinajstić information content (AvgIpc) is 2.91. The van der Waals surface area contributed by atoms with Gasteiger partial charge in [0.15, 0.2) is 0 Å². The fourth-order valence-corrected chi connectivity index (χ4v) is 2.67. The quantitative estimate of drug-likeness (QED) is 0.761. The summed E-state index contributed by atoms with van der Waals surface area (Å²) in [4.78, 5) is 13.7. The standard InChI is InChI=1S/C17H25FN2O3/c1-2-7-23-16-5-3-13(4-6-16)9-19-17(22)11-20-10-14(18)8-15(20)12-21/h3-6,14-15,21H,2,7-12H2,1H3,(H,19,22)/t14-,15-/m0/s1. The number of amides is 1. The lowest BCUT2D eigenvalue weighted by Gasteiger charge is -2.21.